The smallest absolute Gasteiger partial charge is 0.327 e. The summed E-state index contributed by atoms with van der Waals surface area (Å²) in [6, 6.07) is 6.35. The SMILES string of the molecule is CSc1cc(Oc2ccnc3[nH]c(=O)cnc23)ccc1NC(=O)Nc1nnc(C(C)(C)C)o1. The van der Waals surface area contributed by atoms with E-state index >= 15 is 0 Å². The number of pyridine rings is 1. The quantitative estimate of drug-likeness (QED) is 0.368. The van der Waals surface area contributed by atoms with Crippen molar-refractivity contribution in [1.29, 1.82) is 0 Å². The average Bonchev–Trinajstić information content (AvgIpc) is 3.23. The lowest BCUT2D eigenvalue weighted by molar-refractivity contribution is 0.261. The highest BCUT2D eigenvalue weighted by molar-refractivity contribution is 7.98. The van der Waals surface area contributed by atoms with Crippen LogP contribution >= 0.6 is 11.8 Å². The highest BCUT2D eigenvalue weighted by Gasteiger charge is 2.22. The van der Waals surface area contributed by atoms with Crippen molar-refractivity contribution in [1.82, 2.24) is 25.1 Å². The number of nitrogens with zero attached hydrogens (tertiary/aromatic N) is 4. The number of ether oxygens (including phenoxy) is 1. The molecule has 4 rings (SSSR count). The molecule has 3 aromatic heterocycles. The second-order valence-corrected chi connectivity index (χ2v) is 8.81. The van der Waals surface area contributed by atoms with Crippen molar-refractivity contribution < 1.29 is 13.9 Å². The van der Waals surface area contributed by atoms with E-state index in [4.69, 9.17) is 9.15 Å². The topological polar surface area (TPSA) is 148 Å². The monoisotopic (exact) mass is 467 g/mol. The van der Waals surface area contributed by atoms with Crippen molar-refractivity contribution >= 4 is 40.7 Å². The normalized spacial score (nSPS) is 11.4. The maximum atomic E-state index is 12.4. The maximum absolute atomic E-state index is 12.4. The molecule has 4 aromatic rings. The van der Waals surface area contributed by atoms with E-state index in [0.717, 1.165) is 4.90 Å². The lowest BCUT2D eigenvalue weighted by Gasteiger charge is -2.13. The third kappa shape index (κ3) is 5.12. The van der Waals surface area contributed by atoms with Gasteiger partial charge in [-0.25, -0.2) is 14.8 Å². The fraction of sp³-hybridized carbons (Fsp3) is 0.238. The Morgan fingerprint density at radius 1 is 1.15 bits per heavy atom. The maximum Gasteiger partial charge on any atom is 0.327 e. The summed E-state index contributed by atoms with van der Waals surface area (Å²) in [6.45, 7) is 5.80. The molecule has 0 spiro atoms. The number of benzene rings is 1. The Balaban J connectivity index is 1.50. The number of hydrogen-bond donors (Lipinski definition) is 3. The van der Waals surface area contributed by atoms with Gasteiger partial charge in [-0.2, -0.15) is 0 Å². The van der Waals surface area contributed by atoms with Crippen molar-refractivity contribution in [3.63, 3.8) is 0 Å². The predicted molar refractivity (Wildman–Crippen MR) is 124 cm³/mol. The average molecular weight is 468 g/mol. The van der Waals surface area contributed by atoms with E-state index in [1.165, 1.54) is 24.2 Å². The summed E-state index contributed by atoms with van der Waals surface area (Å²) in [5.41, 5.74) is 0.663. The summed E-state index contributed by atoms with van der Waals surface area (Å²) in [5.74, 6) is 1.39. The number of aromatic nitrogens is 5. The molecule has 0 bridgehead atoms. The van der Waals surface area contributed by atoms with E-state index in [2.05, 4.69) is 35.8 Å². The number of fused-ring (bicyclic) bond motifs is 1. The van der Waals surface area contributed by atoms with Gasteiger partial charge in [-0.15, -0.1) is 16.9 Å². The highest BCUT2D eigenvalue weighted by atomic mass is 32.2. The van der Waals surface area contributed by atoms with E-state index < -0.39 is 6.03 Å². The number of carbonyl (C=O) groups excluding carboxylic acids is 1. The van der Waals surface area contributed by atoms with Crippen LogP contribution in [-0.4, -0.2) is 37.4 Å². The number of rotatable bonds is 5. The molecule has 33 heavy (non-hydrogen) atoms. The van der Waals surface area contributed by atoms with Crippen LogP contribution in [0.4, 0.5) is 16.5 Å². The number of nitrogens with one attached hydrogen (secondary N) is 3. The molecule has 170 valence electrons. The molecule has 2 amide bonds. The summed E-state index contributed by atoms with van der Waals surface area (Å²) in [5, 5.41) is 13.1. The third-order valence-electron chi connectivity index (χ3n) is 4.38. The molecule has 1 aromatic carbocycles. The zero-order valence-electron chi connectivity index (χ0n) is 18.3. The second-order valence-electron chi connectivity index (χ2n) is 7.96. The predicted octanol–water partition coefficient (Wildman–Crippen LogP) is 4.16. The Hall–Kier alpha value is -3.93. The van der Waals surface area contributed by atoms with E-state index in [1.807, 2.05) is 27.0 Å². The molecule has 0 aliphatic carbocycles. The van der Waals surface area contributed by atoms with Gasteiger partial charge in [0.05, 0.1) is 11.9 Å². The number of H-pyrrole nitrogens is 1. The molecule has 0 fully saturated rings. The van der Waals surface area contributed by atoms with Crippen LogP contribution in [0, 0.1) is 0 Å². The Bertz CT molecular complexity index is 1380. The summed E-state index contributed by atoms with van der Waals surface area (Å²) < 4.78 is 11.5. The lowest BCUT2D eigenvalue weighted by Crippen LogP contribution is -2.20. The molecular formula is C21H21N7O4S. The Morgan fingerprint density at radius 2 is 1.97 bits per heavy atom. The number of amides is 2. The van der Waals surface area contributed by atoms with Crippen LogP contribution in [-0.2, 0) is 5.41 Å². The fourth-order valence-corrected chi connectivity index (χ4v) is 3.37. The Labute approximate surface area is 192 Å². The van der Waals surface area contributed by atoms with E-state index in [0.29, 0.717) is 34.2 Å². The highest BCUT2D eigenvalue weighted by Crippen LogP contribution is 2.33. The molecule has 0 saturated carbocycles. The molecule has 12 heteroatoms. The molecule has 0 saturated heterocycles. The van der Waals surface area contributed by atoms with Gasteiger partial charge < -0.3 is 19.5 Å². The van der Waals surface area contributed by atoms with Gasteiger partial charge in [0.1, 0.15) is 11.3 Å². The van der Waals surface area contributed by atoms with Crippen molar-refractivity contribution in [3.05, 3.63) is 52.9 Å². The first-order valence-corrected chi connectivity index (χ1v) is 11.1. The number of thioether (sulfide) groups is 1. The number of urea groups is 1. The van der Waals surface area contributed by atoms with Crippen LogP contribution in [0.2, 0.25) is 0 Å². The number of hydrogen-bond acceptors (Lipinski definition) is 9. The zero-order chi connectivity index (χ0) is 23.6. The first kappa shape index (κ1) is 22.3. The van der Waals surface area contributed by atoms with Crippen LogP contribution in [0.3, 0.4) is 0 Å². The standard InChI is InChI=1S/C21H21N7O4S/c1-21(2,3)18-27-28-20(32-18)26-19(30)24-12-6-5-11(9-14(12)33-4)31-13-7-8-22-17-16(13)23-10-15(29)25-17/h5-10H,1-4H3,(H,22,25,29)(H2,24,26,28,30). The minimum Gasteiger partial charge on any atom is -0.455 e. The van der Waals surface area contributed by atoms with Gasteiger partial charge >= 0.3 is 12.0 Å². The van der Waals surface area contributed by atoms with Gasteiger partial charge in [0.2, 0.25) is 5.89 Å². The fourth-order valence-electron chi connectivity index (χ4n) is 2.80. The van der Waals surface area contributed by atoms with Crippen molar-refractivity contribution in [2.75, 3.05) is 16.9 Å². The first-order valence-electron chi connectivity index (χ1n) is 9.85. The molecule has 3 N–H and O–H groups in total. The summed E-state index contributed by atoms with van der Waals surface area (Å²) in [7, 11) is 0. The number of aromatic amines is 1. The van der Waals surface area contributed by atoms with Crippen LogP contribution in [0.25, 0.3) is 11.2 Å². The molecule has 0 aliphatic heterocycles. The molecule has 11 nitrogen and oxygen atoms in total. The molecular weight excluding hydrogens is 446 g/mol. The first-order chi connectivity index (χ1) is 15.7. The minimum atomic E-state index is -0.517. The second kappa shape index (κ2) is 8.90. The van der Waals surface area contributed by atoms with Crippen molar-refractivity contribution in [3.8, 4) is 11.5 Å². The van der Waals surface area contributed by atoms with E-state index in [-0.39, 0.29) is 17.0 Å². The van der Waals surface area contributed by atoms with Crippen molar-refractivity contribution in [2.24, 2.45) is 0 Å². The Kier molecular flexibility index (Phi) is 6.01. The molecule has 0 atom stereocenters. The molecule has 3 heterocycles. The van der Waals surface area contributed by atoms with Gasteiger partial charge in [-0.1, -0.05) is 25.9 Å². The molecule has 0 unspecified atom stereocenters. The Morgan fingerprint density at radius 3 is 2.70 bits per heavy atom. The summed E-state index contributed by atoms with van der Waals surface area (Å²) in [6.07, 6.45) is 4.57. The van der Waals surface area contributed by atoms with Crippen LogP contribution in [0.5, 0.6) is 11.5 Å². The lowest BCUT2D eigenvalue weighted by atomic mass is 9.97. The van der Waals surface area contributed by atoms with E-state index in [1.54, 1.807) is 24.3 Å². The van der Waals surface area contributed by atoms with Crippen LogP contribution in [0.1, 0.15) is 26.7 Å². The number of anilines is 2. The zero-order valence-corrected chi connectivity index (χ0v) is 19.1. The van der Waals surface area contributed by atoms with Crippen molar-refractivity contribution in [2.45, 2.75) is 31.1 Å². The number of carbonyl (C=O) groups is 1. The third-order valence-corrected chi connectivity index (χ3v) is 5.15. The summed E-state index contributed by atoms with van der Waals surface area (Å²) >= 11 is 1.43. The molecule has 0 radical (unpaired) electrons. The van der Waals surface area contributed by atoms with Crippen LogP contribution in [0.15, 0.2) is 50.8 Å². The van der Waals surface area contributed by atoms with Crippen LogP contribution < -0.4 is 20.9 Å². The van der Waals surface area contributed by atoms with E-state index in [9.17, 15) is 9.59 Å². The van der Waals surface area contributed by atoms with Gasteiger partial charge in [0.15, 0.2) is 11.4 Å². The van der Waals surface area contributed by atoms with Gasteiger partial charge in [0.25, 0.3) is 5.56 Å². The molecule has 0 aliphatic rings. The summed E-state index contributed by atoms with van der Waals surface area (Å²) in [4.78, 5) is 35.5. The van der Waals surface area contributed by atoms with Gasteiger partial charge in [-0.3, -0.25) is 10.1 Å². The largest absolute Gasteiger partial charge is 0.455 e. The van der Waals surface area contributed by atoms with Gasteiger partial charge in [-0.05, 0) is 24.5 Å². The minimum absolute atomic E-state index is 0.0122. The van der Waals surface area contributed by atoms with Gasteiger partial charge in [0, 0.05) is 22.6 Å².